The van der Waals surface area contributed by atoms with Gasteiger partial charge in [-0.3, -0.25) is 16.3 Å². The number of pyridine rings is 1. The second kappa shape index (κ2) is 6.23. The molecule has 0 aliphatic rings. The summed E-state index contributed by atoms with van der Waals surface area (Å²) in [6.45, 7) is 1.91. The molecule has 2 aromatic rings. The molecule has 19 heavy (non-hydrogen) atoms. The molecule has 1 heterocycles. The highest BCUT2D eigenvalue weighted by atomic mass is 79.9. The van der Waals surface area contributed by atoms with Gasteiger partial charge in [-0.1, -0.05) is 15.9 Å². The number of benzene rings is 1. The lowest BCUT2D eigenvalue weighted by molar-refractivity contribution is 0.528. The molecule has 0 fully saturated rings. The SMILES string of the molecule is Cc1cc(C(Cc2cc(Br)ccc2F)NN)ccn1. The summed E-state index contributed by atoms with van der Waals surface area (Å²) in [6, 6.07) is 8.58. The maximum Gasteiger partial charge on any atom is 0.126 e. The van der Waals surface area contributed by atoms with E-state index in [-0.39, 0.29) is 11.9 Å². The third kappa shape index (κ3) is 3.59. The Kier molecular flexibility index (Phi) is 4.63. The van der Waals surface area contributed by atoms with Gasteiger partial charge in [0, 0.05) is 16.4 Å². The fraction of sp³-hybridized carbons (Fsp3) is 0.214. The van der Waals surface area contributed by atoms with E-state index in [9.17, 15) is 4.39 Å². The van der Waals surface area contributed by atoms with Gasteiger partial charge in [-0.25, -0.2) is 4.39 Å². The third-order valence-electron chi connectivity index (χ3n) is 2.96. The maximum absolute atomic E-state index is 13.8. The fourth-order valence-electron chi connectivity index (χ4n) is 1.98. The smallest absolute Gasteiger partial charge is 0.126 e. The van der Waals surface area contributed by atoms with Crippen LogP contribution in [-0.2, 0) is 6.42 Å². The van der Waals surface area contributed by atoms with Crippen LogP contribution in [0.5, 0.6) is 0 Å². The van der Waals surface area contributed by atoms with Gasteiger partial charge < -0.3 is 0 Å². The van der Waals surface area contributed by atoms with E-state index >= 15 is 0 Å². The molecule has 100 valence electrons. The van der Waals surface area contributed by atoms with E-state index in [2.05, 4.69) is 26.3 Å². The van der Waals surface area contributed by atoms with Gasteiger partial charge in [0.1, 0.15) is 5.82 Å². The second-order valence-corrected chi connectivity index (χ2v) is 5.31. The van der Waals surface area contributed by atoms with Gasteiger partial charge in [0.05, 0.1) is 6.04 Å². The number of nitrogens with one attached hydrogen (secondary N) is 1. The van der Waals surface area contributed by atoms with Crippen LogP contribution >= 0.6 is 15.9 Å². The summed E-state index contributed by atoms with van der Waals surface area (Å²) < 4.78 is 14.6. The Balaban J connectivity index is 2.26. The predicted octanol–water partition coefficient (Wildman–Crippen LogP) is 3.04. The molecule has 3 nitrogen and oxygen atoms in total. The van der Waals surface area contributed by atoms with Gasteiger partial charge in [0.15, 0.2) is 0 Å². The van der Waals surface area contributed by atoms with E-state index in [1.165, 1.54) is 6.07 Å². The van der Waals surface area contributed by atoms with Crippen molar-refractivity contribution >= 4 is 15.9 Å². The Hall–Kier alpha value is -1.30. The zero-order valence-electron chi connectivity index (χ0n) is 10.5. The molecule has 0 radical (unpaired) electrons. The van der Waals surface area contributed by atoms with Crippen molar-refractivity contribution in [2.45, 2.75) is 19.4 Å². The van der Waals surface area contributed by atoms with Gasteiger partial charge in [0.2, 0.25) is 0 Å². The van der Waals surface area contributed by atoms with Crippen molar-refractivity contribution in [3.8, 4) is 0 Å². The lowest BCUT2D eigenvalue weighted by atomic mass is 9.99. The summed E-state index contributed by atoms with van der Waals surface area (Å²) in [5.74, 6) is 5.36. The number of aryl methyl sites for hydroxylation is 1. The summed E-state index contributed by atoms with van der Waals surface area (Å²) in [7, 11) is 0. The van der Waals surface area contributed by atoms with Crippen molar-refractivity contribution in [2.75, 3.05) is 0 Å². The lowest BCUT2D eigenvalue weighted by Crippen LogP contribution is -2.30. The minimum atomic E-state index is -0.228. The molecule has 1 atom stereocenters. The number of nitrogens with zero attached hydrogens (tertiary/aromatic N) is 1. The van der Waals surface area contributed by atoms with Crippen molar-refractivity contribution in [3.05, 3.63) is 63.6 Å². The van der Waals surface area contributed by atoms with Crippen LogP contribution in [-0.4, -0.2) is 4.98 Å². The predicted molar refractivity (Wildman–Crippen MR) is 76.8 cm³/mol. The summed E-state index contributed by atoms with van der Waals surface area (Å²) in [4.78, 5) is 4.15. The molecule has 0 aliphatic heterocycles. The molecule has 2 rings (SSSR count). The number of nitrogens with two attached hydrogens (primary N) is 1. The largest absolute Gasteiger partial charge is 0.271 e. The van der Waals surface area contributed by atoms with Crippen LogP contribution in [0.2, 0.25) is 0 Å². The Morgan fingerprint density at radius 3 is 2.84 bits per heavy atom. The molecule has 0 amide bonds. The summed E-state index contributed by atoms with van der Waals surface area (Å²) >= 11 is 3.35. The van der Waals surface area contributed by atoms with Crippen LogP contribution in [0.3, 0.4) is 0 Å². The Bertz CT molecular complexity index is 574. The van der Waals surface area contributed by atoms with Crippen LogP contribution in [0.25, 0.3) is 0 Å². The molecule has 0 spiro atoms. The molecule has 5 heteroatoms. The second-order valence-electron chi connectivity index (χ2n) is 4.39. The number of hydrogen-bond donors (Lipinski definition) is 2. The molecule has 0 bridgehead atoms. The van der Waals surface area contributed by atoms with E-state index in [1.807, 2.05) is 19.1 Å². The average Bonchev–Trinajstić information content (AvgIpc) is 2.39. The number of hydrogen-bond acceptors (Lipinski definition) is 3. The highest BCUT2D eigenvalue weighted by molar-refractivity contribution is 9.10. The van der Waals surface area contributed by atoms with E-state index in [1.54, 1.807) is 18.3 Å². The zero-order chi connectivity index (χ0) is 13.8. The first-order valence-corrected chi connectivity index (χ1v) is 6.72. The molecular weight excluding hydrogens is 309 g/mol. The highest BCUT2D eigenvalue weighted by Crippen LogP contribution is 2.22. The highest BCUT2D eigenvalue weighted by Gasteiger charge is 2.14. The first-order chi connectivity index (χ1) is 9.10. The van der Waals surface area contributed by atoms with Crippen molar-refractivity contribution in [1.29, 1.82) is 0 Å². The van der Waals surface area contributed by atoms with Crippen molar-refractivity contribution < 1.29 is 4.39 Å². The summed E-state index contributed by atoms with van der Waals surface area (Å²) in [5, 5.41) is 0. The van der Waals surface area contributed by atoms with Crippen LogP contribution in [0, 0.1) is 12.7 Å². The summed E-state index contributed by atoms with van der Waals surface area (Å²) in [5.41, 5.74) is 5.25. The topological polar surface area (TPSA) is 50.9 Å². The average molecular weight is 324 g/mol. The van der Waals surface area contributed by atoms with E-state index in [4.69, 9.17) is 5.84 Å². The first kappa shape index (κ1) is 14.1. The number of halogens is 2. The third-order valence-corrected chi connectivity index (χ3v) is 3.45. The van der Waals surface area contributed by atoms with Crippen LogP contribution < -0.4 is 11.3 Å². The Morgan fingerprint density at radius 2 is 2.16 bits per heavy atom. The maximum atomic E-state index is 13.8. The van der Waals surface area contributed by atoms with Gasteiger partial charge >= 0.3 is 0 Å². The van der Waals surface area contributed by atoms with Crippen LogP contribution in [0.1, 0.15) is 22.9 Å². The molecule has 1 unspecified atom stereocenters. The fourth-order valence-corrected chi connectivity index (χ4v) is 2.39. The van der Waals surface area contributed by atoms with E-state index in [0.717, 1.165) is 15.7 Å². The Labute approximate surface area is 120 Å². The first-order valence-electron chi connectivity index (χ1n) is 5.92. The van der Waals surface area contributed by atoms with Gasteiger partial charge in [-0.15, -0.1) is 0 Å². The Morgan fingerprint density at radius 1 is 1.37 bits per heavy atom. The monoisotopic (exact) mass is 323 g/mol. The molecule has 3 N–H and O–H groups in total. The molecule has 0 aliphatic carbocycles. The number of aromatic nitrogens is 1. The zero-order valence-corrected chi connectivity index (χ0v) is 12.1. The van der Waals surface area contributed by atoms with Crippen molar-refractivity contribution in [1.82, 2.24) is 10.4 Å². The van der Waals surface area contributed by atoms with Gasteiger partial charge in [-0.2, -0.15) is 0 Å². The molecule has 1 aromatic heterocycles. The summed E-state index contributed by atoms with van der Waals surface area (Å²) in [6.07, 6.45) is 2.21. The van der Waals surface area contributed by atoms with Crippen LogP contribution in [0.15, 0.2) is 41.0 Å². The number of rotatable bonds is 4. The van der Waals surface area contributed by atoms with Gasteiger partial charge in [0.25, 0.3) is 0 Å². The van der Waals surface area contributed by atoms with E-state index in [0.29, 0.717) is 12.0 Å². The molecule has 1 aromatic carbocycles. The van der Waals surface area contributed by atoms with Gasteiger partial charge in [-0.05, 0) is 54.8 Å². The van der Waals surface area contributed by atoms with Crippen molar-refractivity contribution in [2.24, 2.45) is 5.84 Å². The van der Waals surface area contributed by atoms with E-state index < -0.39 is 0 Å². The molecular formula is C14H15BrFN3. The quantitative estimate of drug-likeness (QED) is 0.671. The standard InChI is InChI=1S/C14H15BrFN3/c1-9-6-10(4-5-18-9)14(19-17)8-11-7-12(15)2-3-13(11)16/h2-7,14,19H,8,17H2,1H3. The lowest BCUT2D eigenvalue weighted by Gasteiger charge is -2.17. The minimum Gasteiger partial charge on any atom is -0.271 e. The normalized spacial score (nSPS) is 12.4. The van der Waals surface area contributed by atoms with Crippen molar-refractivity contribution in [3.63, 3.8) is 0 Å². The molecule has 0 saturated carbocycles. The number of hydrazine groups is 1. The minimum absolute atomic E-state index is 0.148. The van der Waals surface area contributed by atoms with Crippen LogP contribution in [0.4, 0.5) is 4.39 Å². The molecule has 0 saturated heterocycles.